The van der Waals surface area contributed by atoms with Gasteiger partial charge in [-0.3, -0.25) is 4.79 Å². The van der Waals surface area contributed by atoms with Crippen molar-refractivity contribution in [2.45, 2.75) is 40.0 Å². The fourth-order valence-electron chi connectivity index (χ4n) is 2.49. The average Bonchev–Trinajstić information content (AvgIpc) is 2.72. The molecule has 2 heteroatoms. The number of carbonyl (C=O) groups is 1. The molecule has 2 rings (SSSR count). The third-order valence-electron chi connectivity index (χ3n) is 3.93. The minimum atomic E-state index is 0.589. The lowest BCUT2D eigenvalue weighted by atomic mass is 9.98. The van der Waals surface area contributed by atoms with Gasteiger partial charge in [0.15, 0.2) is 6.29 Å². The van der Waals surface area contributed by atoms with Gasteiger partial charge in [-0.25, -0.2) is 0 Å². The van der Waals surface area contributed by atoms with E-state index >= 15 is 0 Å². The van der Waals surface area contributed by atoms with Crippen LogP contribution in [0.3, 0.4) is 0 Å². The van der Waals surface area contributed by atoms with Crippen molar-refractivity contribution in [2.24, 2.45) is 0 Å². The van der Waals surface area contributed by atoms with E-state index in [1.807, 2.05) is 19.9 Å². The van der Waals surface area contributed by atoms with E-state index in [9.17, 15) is 4.79 Å². The topological polar surface area (TPSA) is 22.0 Å². The first-order chi connectivity index (χ1) is 9.08. The van der Waals surface area contributed by atoms with Crippen LogP contribution in [0.1, 0.15) is 53.5 Å². The lowest BCUT2D eigenvalue weighted by Gasteiger charge is -2.13. The van der Waals surface area contributed by atoms with E-state index in [0.29, 0.717) is 5.92 Å². The maximum absolute atomic E-state index is 11.0. The molecule has 0 fully saturated rings. The molecule has 0 aliphatic rings. The Kier molecular flexibility index (Phi) is 3.89. The Balaban J connectivity index is 2.43. The highest BCUT2D eigenvalue weighted by atomic mass is 16.1. The van der Waals surface area contributed by atoms with Crippen LogP contribution in [0.4, 0.5) is 0 Å². The molecule has 2 aromatic rings. The molecule has 19 heavy (non-hydrogen) atoms. The molecule has 2 nitrogen and oxygen atoms in total. The van der Waals surface area contributed by atoms with Gasteiger partial charge in [0.05, 0.1) is 0 Å². The zero-order chi connectivity index (χ0) is 14.0. The van der Waals surface area contributed by atoms with E-state index in [-0.39, 0.29) is 0 Å². The number of hydrogen-bond donors (Lipinski definition) is 0. The van der Waals surface area contributed by atoms with Crippen LogP contribution in [0.2, 0.25) is 0 Å². The van der Waals surface area contributed by atoms with Gasteiger partial charge in [0.2, 0.25) is 0 Å². The smallest absolute Gasteiger partial charge is 0.151 e. The Morgan fingerprint density at radius 2 is 1.84 bits per heavy atom. The van der Waals surface area contributed by atoms with Gasteiger partial charge in [0.1, 0.15) is 0 Å². The number of benzene rings is 1. The van der Waals surface area contributed by atoms with Gasteiger partial charge in [0.25, 0.3) is 0 Å². The number of aromatic nitrogens is 1. The summed E-state index contributed by atoms with van der Waals surface area (Å²) < 4.78 is 2.13. The number of carbonyl (C=O) groups excluding carboxylic acids is 1. The quantitative estimate of drug-likeness (QED) is 0.741. The molecule has 0 radical (unpaired) electrons. The molecule has 0 amide bonds. The maximum atomic E-state index is 11.0. The average molecular weight is 255 g/mol. The van der Waals surface area contributed by atoms with Gasteiger partial charge in [-0.1, -0.05) is 26.0 Å². The van der Waals surface area contributed by atoms with Crippen LogP contribution in [-0.4, -0.2) is 10.9 Å². The zero-order valence-electron chi connectivity index (χ0n) is 12.1. The molecule has 1 atom stereocenters. The van der Waals surface area contributed by atoms with Crippen molar-refractivity contribution >= 4 is 6.29 Å². The molecule has 1 unspecified atom stereocenters. The first kappa shape index (κ1) is 13.6. The zero-order valence-corrected chi connectivity index (χ0v) is 12.1. The third-order valence-corrected chi connectivity index (χ3v) is 3.93. The highest BCUT2D eigenvalue weighted by Crippen LogP contribution is 2.23. The number of rotatable bonds is 4. The molecule has 1 aromatic heterocycles. The van der Waals surface area contributed by atoms with Crippen molar-refractivity contribution in [3.05, 3.63) is 52.8 Å². The normalized spacial score (nSPS) is 12.4. The molecule has 1 heterocycles. The summed E-state index contributed by atoms with van der Waals surface area (Å²) >= 11 is 0. The van der Waals surface area contributed by atoms with Crippen LogP contribution < -0.4 is 0 Å². The van der Waals surface area contributed by atoms with Crippen molar-refractivity contribution in [3.8, 4) is 5.69 Å². The monoisotopic (exact) mass is 255 g/mol. The number of nitrogens with zero attached hydrogens (tertiary/aromatic N) is 1. The van der Waals surface area contributed by atoms with Gasteiger partial charge in [-0.2, -0.15) is 0 Å². The largest absolute Gasteiger partial charge is 0.318 e. The standard InChI is InChI=1S/C17H21NO/c1-5-12(2)15-6-8-17(9-7-15)18-13(3)10-16(11-19)14(18)4/h6-12H,5H2,1-4H3. The molecule has 0 aliphatic heterocycles. The summed E-state index contributed by atoms with van der Waals surface area (Å²) in [6.07, 6.45) is 2.07. The van der Waals surface area contributed by atoms with E-state index in [1.165, 1.54) is 5.56 Å². The second-order valence-electron chi connectivity index (χ2n) is 5.18. The first-order valence-corrected chi connectivity index (χ1v) is 6.83. The Morgan fingerprint density at radius 3 is 2.32 bits per heavy atom. The van der Waals surface area contributed by atoms with E-state index in [4.69, 9.17) is 0 Å². The molecule has 0 spiro atoms. The Bertz CT molecular complexity index is 578. The van der Waals surface area contributed by atoms with Crippen LogP contribution in [0.15, 0.2) is 30.3 Å². The molecule has 0 N–H and O–H groups in total. The van der Waals surface area contributed by atoms with Crippen molar-refractivity contribution in [3.63, 3.8) is 0 Å². The van der Waals surface area contributed by atoms with E-state index in [2.05, 4.69) is 42.7 Å². The van der Waals surface area contributed by atoms with Gasteiger partial charge >= 0.3 is 0 Å². The van der Waals surface area contributed by atoms with Crippen molar-refractivity contribution in [1.82, 2.24) is 4.57 Å². The van der Waals surface area contributed by atoms with E-state index in [1.54, 1.807) is 0 Å². The maximum Gasteiger partial charge on any atom is 0.151 e. The van der Waals surface area contributed by atoms with E-state index < -0.39 is 0 Å². The second kappa shape index (κ2) is 5.43. The van der Waals surface area contributed by atoms with Crippen LogP contribution in [-0.2, 0) is 0 Å². The van der Waals surface area contributed by atoms with Gasteiger partial charge in [-0.05, 0) is 49.9 Å². The fraction of sp³-hybridized carbons (Fsp3) is 0.353. The minimum Gasteiger partial charge on any atom is -0.318 e. The molecule has 0 bridgehead atoms. The third kappa shape index (κ3) is 2.48. The van der Waals surface area contributed by atoms with Crippen LogP contribution in [0.5, 0.6) is 0 Å². The van der Waals surface area contributed by atoms with Crippen molar-refractivity contribution in [1.29, 1.82) is 0 Å². The Labute approximate surface area is 115 Å². The summed E-state index contributed by atoms with van der Waals surface area (Å²) in [5, 5.41) is 0. The van der Waals surface area contributed by atoms with Crippen LogP contribution >= 0.6 is 0 Å². The van der Waals surface area contributed by atoms with Crippen LogP contribution in [0.25, 0.3) is 5.69 Å². The number of aldehydes is 1. The molecule has 0 aliphatic carbocycles. The van der Waals surface area contributed by atoms with E-state index in [0.717, 1.165) is 35.3 Å². The Hall–Kier alpha value is -1.83. The molecule has 0 saturated heterocycles. The lowest BCUT2D eigenvalue weighted by Crippen LogP contribution is -2.00. The van der Waals surface area contributed by atoms with Crippen molar-refractivity contribution < 1.29 is 4.79 Å². The number of aryl methyl sites for hydroxylation is 1. The second-order valence-corrected chi connectivity index (χ2v) is 5.18. The molecule has 0 saturated carbocycles. The SMILES string of the molecule is CCC(C)c1ccc(-n2c(C)cc(C=O)c2C)cc1. The minimum absolute atomic E-state index is 0.589. The predicted molar refractivity (Wildman–Crippen MR) is 79.3 cm³/mol. The van der Waals surface area contributed by atoms with Gasteiger partial charge < -0.3 is 4.57 Å². The summed E-state index contributed by atoms with van der Waals surface area (Å²) in [6, 6.07) is 10.6. The summed E-state index contributed by atoms with van der Waals surface area (Å²) in [6.45, 7) is 8.46. The lowest BCUT2D eigenvalue weighted by molar-refractivity contribution is 0.112. The van der Waals surface area contributed by atoms with Gasteiger partial charge in [0, 0.05) is 22.6 Å². The fourth-order valence-corrected chi connectivity index (χ4v) is 2.49. The first-order valence-electron chi connectivity index (χ1n) is 6.83. The summed E-state index contributed by atoms with van der Waals surface area (Å²) in [4.78, 5) is 11.0. The summed E-state index contributed by atoms with van der Waals surface area (Å²) in [5.41, 5.74) is 5.35. The molecule has 1 aromatic carbocycles. The Morgan fingerprint density at radius 1 is 1.21 bits per heavy atom. The molecular formula is C17H21NO. The van der Waals surface area contributed by atoms with Crippen LogP contribution in [0, 0.1) is 13.8 Å². The predicted octanol–water partition coefficient (Wildman–Crippen LogP) is 4.42. The summed E-state index contributed by atoms with van der Waals surface area (Å²) in [5.74, 6) is 0.589. The molecular weight excluding hydrogens is 234 g/mol. The summed E-state index contributed by atoms with van der Waals surface area (Å²) in [7, 11) is 0. The number of hydrogen-bond acceptors (Lipinski definition) is 1. The molecule has 100 valence electrons. The van der Waals surface area contributed by atoms with Gasteiger partial charge in [-0.15, -0.1) is 0 Å². The highest BCUT2D eigenvalue weighted by molar-refractivity contribution is 5.77. The van der Waals surface area contributed by atoms with Crippen molar-refractivity contribution in [2.75, 3.05) is 0 Å². The highest BCUT2D eigenvalue weighted by Gasteiger charge is 2.10.